The van der Waals surface area contributed by atoms with Crippen molar-refractivity contribution >= 4 is 0 Å². The average molecular weight is 165 g/mol. The van der Waals surface area contributed by atoms with Crippen LogP contribution in [0.2, 0.25) is 0 Å². The molecule has 0 amide bonds. The second kappa shape index (κ2) is 2.07. The second-order valence-electron chi connectivity index (χ2n) is 5.30. The minimum absolute atomic E-state index is 0.282. The molecule has 1 heterocycles. The van der Waals surface area contributed by atoms with Crippen LogP contribution in [0.5, 0.6) is 0 Å². The molecule has 12 heavy (non-hydrogen) atoms. The fraction of sp³-hybridized carbons (Fsp3) is 0.818. The lowest BCUT2D eigenvalue weighted by Gasteiger charge is -2.40. The molecule has 0 radical (unpaired) electrons. The van der Waals surface area contributed by atoms with E-state index in [2.05, 4.69) is 32.3 Å². The van der Waals surface area contributed by atoms with Gasteiger partial charge in [0.2, 0.25) is 0 Å². The molecular formula is C11H19N. The van der Waals surface area contributed by atoms with Crippen molar-refractivity contribution in [3.05, 3.63) is 12.3 Å². The van der Waals surface area contributed by atoms with Crippen LogP contribution in [-0.2, 0) is 0 Å². The SMILES string of the molecule is C=C1CCC2(CC2)N1C(C)(C)C. The minimum atomic E-state index is 0.282. The zero-order valence-corrected chi connectivity index (χ0v) is 8.48. The molecule has 1 nitrogen and oxygen atoms in total. The normalized spacial score (nSPS) is 26.9. The highest BCUT2D eigenvalue weighted by Gasteiger charge is 2.54. The number of hydrogen-bond donors (Lipinski definition) is 0. The van der Waals surface area contributed by atoms with Gasteiger partial charge in [-0.15, -0.1) is 0 Å². The largest absolute Gasteiger partial charge is 0.365 e. The van der Waals surface area contributed by atoms with E-state index in [0.717, 1.165) is 0 Å². The summed E-state index contributed by atoms with van der Waals surface area (Å²) in [6.07, 6.45) is 5.35. The lowest BCUT2D eigenvalue weighted by Crippen LogP contribution is -2.44. The Bertz CT molecular complexity index is 218. The molecule has 2 fully saturated rings. The summed E-state index contributed by atoms with van der Waals surface area (Å²) < 4.78 is 0. The predicted octanol–water partition coefficient (Wildman–Crippen LogP) is 2.93. The molecule has 1 saturated heterocycles. The smallest absolute Gasteiger partial charge is 0.0410 e. The van der Waals surface area contributed by atoms with Crippen LogP contribution in [0.3, 0.4) is 0 Å². The van der Waals surface area contributed by atoms with E-state index in [1.54, 1.807) is 0 Å². The molecule has 0 aromatic carbocycles. The van der Waals surface area contributed by atoms with Crippen molar-refractivity contribution in [1.29, 1.82) is 0 Å². The quantitative estimate of drug-likeness (QED) is 0.533. The maximum atomic E-state index is 4.16. The maximum Gasteiger partial charge on any atom is 0.0410 e. The van der Waals surface area contributed by atoms with Crippen molar-refractivity contribution in [2.24, 2.45) is 0 Å². The van der Waals surface area contributed by atoms with E-state index in [1.807, 2.05) is 0 Å². The summed E-state index contributed by atoms with van der Waals surface area (Å²) >= 11 is 0. The van der Waals surface area contributed by atoms with E-state index < -0.39 is 0 Å². The van der Waals surface area contributed by atoms with Crippen LogP contribution < -0.4 is 0 Å². The van der Waals surface area contributed by atoms with E-state index in [4.69, 9.17) is 0 Å². The van der Waals surface area contributed by atoms with Gasteiger partial charge in [0.05, 0.1) is 0 Å². The fourth-order valence-corrected chi connectivity index (χ4v) is 2.74. The summed E-state index contributed by atoms with van der Waals surface area (Å²) in [7, 11) is 0. The van der Waals surface area contributed by atoms with E-state index >= 15 is 0 Å². The Labute approximate surface area is 75.4 Å². The molecule has 1 aliphatic carbocycles. The molecule has 1 spiro atoms. The van der Waals surface area contributed by atoms with Crippen molar-refractivity contribution in [2.45, 2.75) is 57.5 Å². The highest BCUT2D eigenvalue weighted by atomic mass is 15.3. The van der Waals surface area contributed by atoms with Crippen LogP contribution in [0.1, 0.15) is 46.5 Å². The van der Waals surface area contributed by atoms with Crippen LogP contribution in [0.15, 0.2) is 12.3 Å². The summed E-state index contributed by atoms with van der Waals surface area (Å²) in [4.78, 5) is 2.57. The molecule has 2 rings (SSSR count). The van der Waals surface area contributed by atoms with Gasteiger partial charge in [0.25, 0.3) is 0 Å². The summed E-state index contributed by atoms with van der Waals surface area (Å²) in [6.45, 7) is 11.0. The lowest BCUT2D eigenvalue weighted by atomic mass is 10.0. The number of allylic oxidation sites excluding steroid dienone is 1. The van der Waals surface area contributed by atoms with E-state index in [9.17, 15) is 0 Å². The molecule has 2 aliphatic rings. The molecule has 0 unspecified atom stereocenters. The molecule has 0 bridgehead atoms. The first-order chi connectivity index (χ1) is 5.46. The fourth-order valence-electron chi connectivity index (χ4n) is 2.74. The van der Waals surface area contributed by atoms with Crippen molar-refractivity contribution in [2.75, 3.05) is 0 Å². The first-order valence-corrected chi connectivity index (χ1v) is 4.94. The zero-order valence-electron chi connectivity index (χ0n) is 8.48. The summed E-state index contributed by atoms with van der Waals surface area (Å²) in [5.41, 5.74) is 2.19. The molecule has 0 atom stereocenters. The highest BCUT2D eigenvalue weighted by molar-refractivity contribution is 5.21. The Kier molecular flexibility index (Phi) is 1.40. The molecule has 0 N–H and O–H groups in total. The lowest BCUT2D eigenvalue weighted by molar-refractivity contribution is 0.140. The van der Waals surface area contributed by atoms with Gasteiger partial charge in [0.1, 0.15) is 0 Å². The van der Waals surface area contributed by atoms with Gasteiger partial charge in [-0.05, 0) is 46.5 Å². The molecule has 1 aliphatic heterocycles. The minimum Gasteiger partial charge on any atom is -0.365 e. The average Bonchev–Trinajstić information content (AvgIpc) is 2.53. The zero-order chi connectivity index (χ0) is 8.98. The first kappa shape index (κ1) is 8.15. The van der Waals surface area contributed by atoms with Crippen molar-refractivity contribution in [3.63, 3.8) is 0 Å². The van der Waals surface area contributed by atoms with Crippen LogP contribution >= 0.6 is 0 Å². The number of hydrogen-bond acceptors (Lipinski definition) is 1. The molecule has 0 aromatic rings. The Balaban J connectivity index is 2.27. The second-order valence-corrected chi connectivity index (χ2v) is 5.30. The van der Waals surface area contributed by atoms with Gasteiger partial charge in [0.15, 0.2) is 0 Å². The van der Waals surface area contributed by atoms with Crippen molar-refractivity contribution < 1.29 is 0 Å². The molecule has 68 valence electrons. The standard InChI is InChI=1S/C11H19N/c1-9-5-6-11(7-8-11)12(9)10(2,3)4/h1,5-8H2,2-4H3. The van der Waals surface area contributed by atoms with Gasteiger partial charge in [0, 0.05) is 16.8 Å². The van der Waals surface area contributed by atoms with Gasteiger partial charge in [-0.1, -0.05) is 6.58 Å². The molecular weight excluding hydrogens is 146 g/mol. The third kappa shape index (κ3) is 0.988. The van der Waals surface area contributed by atoms with Crippen LogP contribution in [0.25, 0.3) is 0 Å². The van der Waals surface area contributed by atoms with Crippen LogP contribution in [0, 0.1) is 0 Å². The summed E-state index contributed by atoms with van der Waals surface area (Å²) in [5, 5.41) is 0. The van der Waals surface area contributed by atoms with Crippen LogP contribution in [0.4, 0.5) is 0 Å². The Morgan fingerprint density at radius 2 is 1.83 bits per heavy atom. The van der Waals surface area contributed by atoms with Gasteiger partial charge >= 0.3 is 0 Å². The summed E-state index contributed by atoms with van der Waals surface area (Å²) in [6, 6.07) is 0. The van der Waals surface area contributed by atoms with E-state index in [1.165, 1.54) is 31.4 Å². The van der Waals surface area contributed by atoms with E-state index in [0.29, 0.717) is 5.54 Å². The molecule has 0 aromatic heterocycles. The maximum absolute atomic E-state index is 4.16. The topological polar surface area (TPSA) is 3.24 Å². The Morgan fingerprint density at radius 1 is 1.25 bits per heavy atom. The highest BCUT2D eigenvalue weighted by Crippen LogP contribution is 2.55. The third-order valence-electron chi connectivity index (χ3n) is 3.17. The van der Waals surface area contributed by atoms with Gasteiger partial charge in [-0.3, -0.25) is 0 Å². The monoisotopic (exact) mass is 165 g/mol. The van der Waals surface area contributed by atoms with Crippen molar-refractivity contribution in [3.8, 4) is 0 Å². The predicted molar refractivity (Wildman–Crippen MR) is 51.9 cm³/mol. The Hall–Kier alpha value is -0.460. The molecule has 1 saturated carbocycles. The van der Waals surface area contributed by atoms with Gasteiger partial charge < -0.3 is 4.90 Å². The summed E-state index contributed by atoms with van der Waals surface area (Å²) in [5.74, 6) is 0. The number of nitrogens with zero attached hydrogens (tertiary/aromatic N) is 1. The van der Waals surface area contributed by atoms with Crippen molar-refractivity contribution in [1.82, 2.24) is 4.90 Å². The van der Waals surface area contributed by atoms with E-state index in [-0.39, 0.29) is 5.54 Å². The van der Waals surface area contributed by atoms with Gasteiger partial charge in [-0.25, -0.2) is 0 Å². The van der Waals surface area contributed by atoms with Gasteiger partial charge in [-0.2, -0.15) is 0 Å². The number of rotatable bonds is 0. The first-order valence-electron chi connectivity index (χ1n) is 4.94. The number of likely N-dealkylation sites (tertiary alicyclic amines) is 1. The third-order valence-corrected chi connectivity index (χ3v) is 3.17. The van der Waals surface area contributed by atoms with Crippen LogP contribution in [-0.4, -0.2) is 16.0 Å². The molecule has 1 heteroatoms. The Morgan fingerprint density at radius 3 is 2.17 bits per heavy atom.